The van der Waals surface area contributed by atoms with E-state index < -0.39 is 20.0 Å². The van der Waals surface area contributed by atoms with Gasteiger partial charge in [0.05, 0.1) is 33.8 Å². The number of esters is 1. The Morgan fingerprint density at radius 1 is 0.507 bits per heavy atom. The molecule has 0 aliphatic rings. The van der Waals surface area contributed by atoms with E-state index in [0.717, 1.165) is 83.5 Å². The first kappa shape index (κ1) is 69.0. The lowest BCUT2D eigenvalue weighted by Gasteiger charge is -2.27. The molecule has 3 unspecified atom stereocenters. The van der Waals surface area contributed by atoms with E-state index in [1.807, 2.05) is 33.3 Å². The van der Waals surface area contributed by atoms with E-state index in [-0.39, 0.29) is 31.5 Å². The van der Waals surface area contributed by atoms with Gasteiger partial charge in [0.2, 0.25) is 5.91 Å². The van der Waals surface area contributed by atoms with E-state index in [1.54, 1.807) is 0 Å². The molecule has 2 N–H and O–H groups in total. The van der Waals surface area contributed by atoms with Crippen LogP contribution in [-0.2, 0) is 27.9 Å². The van der Waals surface area contributed by atoms with Crippen molar-refractivity contribution in [3.8, 4) is 0 Å². The Bertz CT molecular complexity index is 1360. The number of nitrogens with one attached hydrogen (secondary N) is 1. The van der Waals surface area contributed by atoms with Crippen molar-refractivity contribution >= 4 is 19.7 Å². The van der Waals surface area contributed by atoms with Crippen LogP contribution in [0.25, 0.3) is 0 Å². The third-order valence-electron chi connectivity index (χ3n) is 13.3. The summed E-state index contributed by atoms with van der Waals surface area (Å²) in [6.07, 6.45) is 62.4. The molecule has 416 valence electrons. The number of carbonyl (C=O) groups is 2. The quantitative estimate of drug-likeness (QED) is 0.0205. The largest absolute Gasteiger partial charge is 0.472 e. The number of allylic oxidation sites excluding steroid dienone is 7. The Labute approximate surface area is 439 Å². The molecule has 1 amide bonds. The molecular weight excluding hydrogens is 904 g/mol. The smallest absolute Gasteiger partial charge is 0.456 e. The van der Waals surface area contributed by atoms with Crippen LogP contribution in [0.4, 0.5) is 0 Å². The molecule has 0 heterocycles. The second-order valence-corrected chi connectivity index (χ2v) is 22.9. The summed E-state index contributed by atoms with van der Waals surface area (Å²) in [7, 11) is 1.49. The number of rotatable bonds is 54. The van der Waals surface area contributed by atoms with E-state index in [2.05, 4.69) is 62.5 Å². The number of unbranched alkanes of at least 4 members (excludes halogenated alkanes) is 32. The van der Waals surface area contributed by atoms with Crippen LogP contribution in [0.15, 0.2) is 48.6 Å². The number of phosphoric acid groups is 1. The number of quaternary nitrogens is 1. The highest BCUT2D eigenvalue weighted by atomic mass is 31.2. The van der Waals surface area contributed by atoms with Gasteiger partial charge in [-0.25, -0.2) is 4.57 Å². The van der Waals surface area contributed by atoms with Crippen LogP contribution in [0.3, 0.4) is 0 Å². The minimum Gasteiger partial charge on any atom is -0.456 e. The van der Waals surface area contributed by atoms with Crippen LogP contribution in [-0.4, -0.2) is 74.3 Å². The molecule has 3 atom stereocenters. The van der Waals surface area contributed by atoms with E-state index >= 15 is 0 Å². The van der Waals surface area contributed by atoms with Gasteiger partial charge in [0.1, 0.15) is 19.3 Å². The van der Waals surface area contributed by atoms with Gasteiger partial charge < -0.3 is 19.4 Å². The lowest BCUT2D eigenvalue weighted by atomic mass is 10.0. The van der Waals surface area contributed by atoms with Crippen LogP contribution < -0.4 is 5.32 Å². The zero-order valence-corrected chi connectivity index (χ0v) is 48.4. The summed E-state index contributed by atoms with van der Waals surface area (Å²) in [5.41, 5.74) is 0. The van der Waals surface area contributed by atoms with Gasteiger partial charge in [-0.15, -0.1) is 0 Å². The van der Waals surface area contributed by atoms with E-state index in [1.165, 1.54) is 161 Å². The molecule has 0 fully saturated rings. The topological polar surface area (TPSA) is 111 Å². The first-order chi connectivity index (χ1) is 34.4. The predicted molar refractivity (Wildman–Crippen MR) is 305 cm³/mol. The fourth-order valence-electron chi connectivity index (χ4n) is 8.62. The first-order valence-electron chi connectivity index (χ1n) is 30.0. The summed E-state index contributed by atoms with van der Waals surface area (Å²) in [6, 6.07) is -0.851. The maximum Gasteiger partial charge on any atom is 0.472 e. The normalized spacial score (nSPS) is 14.1. The van der Waals surface area contributed by atoms with Crippen molar-refractivity contribution in [2.75, 3.05) is 40.9 Å². The lowest BCUT2D eigenvalue weighted by Crippen LogP contribution is -2.47. The molecule has 0 radical (unpaired) electrons. The van der Waals surface area contributed by atoms with Crippen molar-refractivity contribution in [3.63, 3.8) is 0 Å². The second-order valence-electron chi connectivity index (χ2n) is 21.5. The maximum absolute atomic E-state index is 13.5. The molecule has 0 aliphatic heterocycles. The van der Waals surface area contributed by atoms with Crippen molar-refractivity contribution < 1.29 is 37.3 Å². The van der Waals surface area contributed by atoms with Gasteiger partial charge >= 0.3 is 13.8 Å². The third-order valence-corrected chi connectivity index (χ3v) is 14.2. The van der Waals surface area contributed by atoms with Crippen LogP contribution in [0, 0.1) is 0 Å². The number of likely N-dealkylation sites (N-methyl/N-ethyl adjacent to an activating group) is 1. The monoisotopic (exact) mass is 1020 g/mol. The van der Waals surface area contributed by atoms with Crippen LogP contribution in [0.5, 0.6) is 0 Å². The fraction of sp³-hybridized carbons (Fsp3) is 0.836. The molecule has 0 aromatic rings. The van der Waals surface area contributed by atoms with Gasteiger partial charge in [-0.1, -0.05) is 230 Å². The Kier molecular flexibility index (Phi) is 50.0. The molecule has 0 aromatic heterocycles. The highest BCUT2D eigenvalue weighted by molar-refractivity contribution is 7.47. The summed E-state index contributed by atoms with van der Waals surface area (Å²) in [4.78, 5) is 37.6. The fourth-order valence-corrected chi connectivity index (χ4v) is 9.36. The Morgan fingerprint density at radius 2 is 0.901 bits per heavy atom. The molecule has 0 saturated heterocycles. The zero-order valence-electron chi connectivity index (χ0n) is 47.5. The molecule has 0 aliphatic carbocycles. The predicted octanol–water partition coefficient (Wildman–Crippen LogP) is 18.1. The van der Waals surface area contributed by atoms with E-state index in [0.29, 0.717) is 17.4 Å². The Balaban J connectivity index is 5.27. The number of hydrogen-bond donors (Lipinski definition) is 2. The number of hydrogen-bond acceptors (Lipinski definition) is 6. The SMILES string of the molecule is CC/C=C/C/C=C/CCCCCCCCCC(=O)OC(/C=C\CCCCCCCCCCCC)C(COP(=O)(O)OCC[N+](C)(C)C)NC(=O)CCCCCCCCCCC/C=C/CCCCCCCC. The number of carbonyl (C=O) groups excluding carboxylic acids is 2. The molecule has 0 spiro atoms. The summed E-state index contributed by atoms with van der Waals surface area (Å²) in [5, 5.41) is 3.05. The van der Waals surface area contributed by atoms with Gasteiger partial charge in [0.15, 0.2) is 0 Å². The molecule has 10 heteroatoms. The molecule has 0 aromatic carbocycles. The first-order valence-corrected chi connectivity index (χ1v) is 31.5. The van der Waals surface area contributed by atoms with Gasteiger partial charge in [0.25, 0.3) is 0 Å². The molecule has 9 nitrogen and oxygen atoms in total. The average molecular weight is 1020 g/mol. The van der Waals surface area contributed by atoms with Crippen LogP contribution in [0.2, 0.25) is 0 Å². The number of ether oxygens (including phenoxy) is 1. The number of phosphoric ester groups is 1. The van der Waals surface area contributed by atoms with Gasteiger partial charge in [-0.2, -0.15) is 0 Å². The van der Waals surface area contributed by atoms with E-state index in [4.69, 9.17) is 13.8 Å². The lowest BCUT2D eigenvalue weighted by molar-refractivity contribution is -0.870. The molecular formula is C61H116N2O7P+. The molecule has 0 bridgehead atoms. The molecule has 0 rings (SSSR count). The number of amides is 1. The van der Waals surface area contributed by atoms with Crippen molar-refractivity contribution in [2.45, 2.75) is 290 Å². The third kappa shape index (κ3) is 52.6. The minimum atomic E-state index is -4.45. The number of nitrogens with zero attached hydrogens (tertiary/aromatic N) is 1. The Morgan fingerprint density at radius 3 is 1.35 bits per heavy atom. The summed E-state index contributed by atoms with van der Waals surface area (Å²) in [5.74, 6) is -0.511. The minimum absolute atomic E-state index is 0.0387. The second kappa shape index (κ2) is 51.5. The van der Waals surface area contributed by atoms with Crippen molar-refractivity contribution in [2.24, 2.45) is 0 Å². The maximum atomic E-state index is 13.5. The average Bonchev–Trinajstić information content (AvgIpc) is 3.33. The highest BCUT2D eigenvalue weighted by Crippen LogP contribution is 2.43. The summed E-state index contributed by atoms with van der Waals surface area (Å²) >= 11 is 0. The zero-order chi connectivity index (χ0) is 52.2. The molecule has 0 saturated carbocycles. The standard InChI is InChI=1S/C61H115N2O7P/c1-7-10-13-16-19-22-25-28-30-31-32-33-34-35-38-41-44-47-50-53-60(64)62-58(57-69-71(66,67)68-56-55-63(4,5)6)59(52-49-46-43-40-37-27-24-21-18-15-12-9-3)70-61(65)54-51-48-45-42-39-36-29-26-23-20-17-14-11-8-2/h11,14,20,23,28,30,49,52,58-59H,7-10,12-13,15-19,21-22,24-27,29,31-48,50-51,53-57H2,1-6H3,(H-,62,64,66,67)/p+1/b14-11+,23-20+,30-28+,52-49-. The highest BCUT2D eigenvalue weighted by Gasteiger charge is 2.30. The summed E-state index contributed by atoms with van der Waals surface area (Å²) in [6.45, 7) is 6.91. The van der Waals surface area contributed by atoms with Crippen molar-refractivity contribution in [1.29, 1.82) is 0 Å². The van der Waals surface area contributed by atoms with Crippen molar-refractivity contribution in [1.82, 2.24) is 5.32 Å². The molecule has 71 heavy (non-hydrogen) atoms. The van der Waals surface area contributed by atoms with Crippen LogP contribution in [0.1, 0.15) is 278 Å². The van der Waals surface area contributed by atoms with Gasteiger partial charge in [-0.05, 0) is 83.1 Å². The van der Waals surface area contributed by atoms with Crippen LogP contribution >= 0.6 is 7.82 Å². The van der Waals surface area contributed by atoms with Crippen molar-refractivity contribution in [3.05, 3.63) is 48.6 Å². The van der Waals surface area contributed by atoms with E-state index in [9.17, 15) is 19.0 Å². The van der Waals surface area contributed by atoms with Gasteiger partial charge in [-0.3, -0.25) is 18.6 Å². The van der Waals surface area contributed by atoms with Gasteiger partial charge in [0, 0.05) is 12.8 Å². The Hall–Kier alpha value is -2.03. The summed E-state index contributed by atoms with van der Waals surface area (Å²) < 4.78 is 30.6.